The average Bonchev–Trinajstić information content (AvgIpc) is 2.28. The van der Waals surface area contributed by atoms with Crippen molar-refractivity contribution in [3.63, 3.8) is 0 Å². The molecule has 1 saturated heterocycles. The summed E-state index contributed by atoms with van der Waals surface area (Å²) in [6, 6.07) is 6.49. The van der Waals surface area contributed by atoms with Crippen LogP contribution < -0.4 is 10.6 Å². The van der Waals surface area contributed by atoms with Gasteiger partial charge in [0.05, 0.1) is 11.3 Å². The monoisotopic (exact) mass is 219 g/mol. The molecule has 0 aliphatic carbocycles. The molecule has 1 aromatic rings. The second-order valence-electron chi connectivity index (χ2n) is 4.12. The number of hydrogen-bond donors (Lipinski definition) is 1. The van der Waals surface area contributed by atoms with E-state index in [1.807, 2.05) is 6.07 Å². The molecule has 1 aliphatic rings. The van der Waals surface area contributed by atoms with E-state index in [-0.39, 0.29) is 11.9 Å². The van der Waals surface area contributed by atoms with Crippen LogP contribution in [0.25, 0.3) is 0 Å². The molecule has 0 saturated carbocycles. The Kier molecular flexibility index (Phi) is 3.07. The fourth-order valence-corrected chi connectivity index (χ4v) is 2.10. The minimum atomic E-state index is -0.374. The molecule has 1 heterocycles. The standard InChI is InChI=1S/C12H14FN3/c13-10-3-4-12(9(6-10)7-14)16-5-1-2-11(15)8-16/h3-4,6,11H,1-2,5,8,15H2. The van der Waals surface area contributed by atoms with Gasteiger partial charge in [0.1, 0.15) is 11.9 Å². The van der Waals surface area contributed by atoms with E-state index in [0.717, 1.165) is 31.6 Å². The van der Waals surface area contributed by atoms with Crippen LogP contribution in [0.3, 0.4) is 0 Å². The van der Waals surface area contributed by atoms with Crippen LogP contribution in [-0.2, 0) is 0 Å². The van der Waals surface area contributed by atoms with Crippen LogP contribution in [0.15, 0.2) is 18.2 Å². The minimum Gasteiger partial charge on any atom is -0.369 e. The highest BCUT2D eigenvalue weighted by Gasteiger charge is 2.19. The highest BCUT2D eigenvalue weighted by atomic mass is 19.1. The predicted molar refractivity (Wildman–Crippen MR) is 60.5 cm³/mol. The van der Waals surface area contributed by atoms with E-state index in [2.05, 4.69) is 4.90 Å². The lowest BCUT2D eigenvalue weighted by molar-refractivity contribution is 0.505. The van der Waals surface area contributed by atoms with Crippen molar-refractivity contribution in [2.45, 2.75) is 18.9 Å². The van der Waals surface area contributed by atoms with Crippen LogP contribution in [0, 0.1) is 17.1 Å². The third-order valence-electron chi connectivity index (χ3n) is 2.88. The Morgan fingerprint density at radius 3 is 3.00 bits per heavy atom. The molecular formula is C12H14FN3. The molecule has 84 valence electrons. The maximum Gasteiger partial charge on any atom is 0.124 e. The largest absolute Gasteiger partial charge is 0.369 e. The third kappa shape index (κ3) is 2.15. The first-order valence-corrected chi connectivity index (χ1v) is 5.41. The third-order valence-corrected chi connectivity index (χ3v) is 2.88. The van der Waals surface area contributed by atoms with Gasteiger partial charge in [-0.25, -0.2) is 4.39 Å². The van der Waals surface area contributed by atoms with Crippen LogP contribution in [0.1, 0.15) is 18.4 Å². The molecule has 0 bridgehead atoms. The first-order chi connectivity index (χ1) is 7.70. The zero-order valence-electron chi connectivity index (χ0n) is 8.99. The van der Waals surface area contributed by atoms with Crippen LogP contribution in [-0.4, -0.2) is 19.1 Å². The van der Waals surface area contributed by atoms with Crippen molar-refractivity contribution < 1.29 is 4.39 Å². The fraction of sp³-hybridized carbons (Fsp3) is 0.417. The van der Waals surface area contributed by atoms with Crippen molar-refractivity contribution in [2.75, 3.05) is 18.0 Å². The van der Waals surface area contributed by atoms with Gasteiger partial charge in [-0.1, -0.05) is 0 Å². The molecule has 3 nitrogen and oxygen atoms in total. The molecule has 1 unspecified atom stereocenters. The van der Waals surface area contributed by atoms with E-state index >= 15 is 0 Å². The normalized spacial score (nSPS) is 20.6. The van der Waals surface area contributed by atoms with E-state index in [1.165, 1.54) is 12.1 Å². The van der Waals surface area contributed by atoms with E-state index in [1.54, 1.807) is 6.07 Å². The predicted octanol–water partition coefficient (Wildman–Crippen LogP) is 1.62. The summed E-state index contributed by atoms with van der Waals surface area (Å²) < 4.78 is 13.0. The van der Waals surface area contributed by atoms with Crippen LogP contribution in [0.2, 0.25) is 0 Å². The number of nitriles is 1. The van der Waals surface area contributed by atoms with Crippen LogP contribution in [0.5, 0.6) is 0 Å². The maximum atomic E-state index is 13.0. The van der Waals surface area contributed by atoms with Gasteiger partial charge in [-0.2, -0.15) is 5.26 Å². The molecule has 1 aromatic carbocycles. The van der Waals surface area contributed by atoms with Crippen LogP contribution >= 0.6 is 0 Å². The average molecular weight is 219 g/mol. The molecule has 1 aliphatic heterocycles. The Morgan fingerprint density at radius 1 is 1.50 bits per heavy atom. The van der Waals surface area contributed by atoms with Crippen molar-refractivity contribution >= 4 is 5.69 Å². The first kappa shape index (κ1) is 10.9. The van der Waals surface area contributed by atoms with Crippen molar-refractivity contribution in [1.29, 1.82) is 5.26 Å². The quantitative estimate of drug-likeness (QED) is 0.781. The summed E-state index contributed by atoms with van der Waals surface area (Å²) in [5, 5.41) is 8.96. The first-order valence-electron chi connectivity index (χ1n) is 5.41. The number of rotatable bonds is 1. The fourth-order valence-electron chi connectivity index (χ4n) is 2.10. The van der Waals surface area contributed by atoms with Gasteiger partial charge in [-0.05, 0) is 31.0 Å². The molecule has 16 heavy (non-hydrogen) atoms. The van der Waals surface area contributed by atoms with Gasteiger partial charge in [0, 0.05) is 19.1 Å². The van der Waals surface area contributed by atoms with Crippen molar-refractivity contribution in [3.8, 4) is 6.07 Å². The smallest absolute Gasteiger partial charge is 0.124 e. The summed E-state index contributed by atoms with van der Waals surface area (Å²) in [7, 11) is 0. The number of benzene rings is 1. The zero-order chi connectivity index (χ0) is 11.5. The Balaban J connectivity index is 2.29. The molecule has 1 atom stereocenters. The molecule has 0 amide bonds. The Labute approximate surface area is 94.3 Å². The van der Waals surface area contributed by atoms with E-state index in [9.17, 15) is 4.39 Å². The number of anilines is 1. The van der Waals surface area contributed by atoms with Gasteiger partial charge in [0.25, 0.3) is 0 Å². The lowest BCUT2D eigenvalue weighted by Crippen LogP contribution is -2.43. The lowest BCUT2D eigenvalue weighted by Gasteiger charge is -2.33. The van der Waals surface area contributed by atoms with E-state index in [4.69, 9.17) is 11.0 Å². The molecule has 2 rings (SSSR count). The molecule has 0 aromatic heterocycles. The summed E-state index contributed by atoms with van der Waals surface area (Å²) in [6.07, 6.45) is 2.03. The Hall–Kier alpha value is -1.60. The SMILES string of the molecule is N#Cc1cc(F)ccc1N1CCCC(N)C1. The molecule has 4 heteroatoms. The number of nitrogens with two attached hydrogens (primary N) is 1. The number of halogens is 1. The zero-order valence-corrected chi connectivity index (χ0v) is 8.99. The van der Waals surface area contributed by atoms with Crippen LogP contribution in [0.4, 0.5) is 10.1 Å². The topological polar surface area (TPSA) is 53.0 Å². The van der Waals surface area contributed by atoms with Gasteiger partial charge in [0.2, 0.25) is 0 Å². The molecule has 2 N–H and O–H groups in total. The Bertz CT molecular complexity index is 425. The van der Waals surface area contributed by atoms with E-state index in [0.29, 0.717) is 5.56 Å². The second kappa shape index (κ2) is 4.50. The van der Waals surface area contributed by atoms with Gasteiger partial charge >= 0.3 is 0 Å². The number of hydrogen-bond acceptors (Lipinski definition) is 3. The minimum absolute atomic E-state index is 0.144. The summed E-state index contributed by atoms with van der Waals surface area (Å²) in [5.41, 5.74) is 7.06. The highest BCUT2D eigenvalue weighted by Crippen LogP contribution is 2.24. The maximum absolute atomic E-state index is 13.0. The van der Waals surface area contributed by atoms with Crippen molar-refractivity contribution in [3.05, 3.63) is 29.6 Å². The summed E-state index contributed by atoms with van der Waals surface area (Å²) in [5.74, 6) is -0.374. The Morgan fingerprint density at radius 2 is 2.31 bits per heavy atom. The van der Waals surface area contributed by atoms with Crippen molar-refractivity contribution in [1.82, 2.24) is 0 Å². The van der Waals surface area contributed by atoms with Crippen molar-refractivity contribution in [2.24, 2.45) is 5.73 Å². The molecule has 0 spiro atoms. The molecule has 0 radical (unpaired) electrons. The molecule has 1 fully saturated rings. The van der Waals surface area contributed by atoms with Gasteiger partial charge in [0.15, 0.2) is 0 Å². The van der Waals surface area contributed by atoms with E-state index < -0.39 is 0 Å². The highest BCUT2D eigenvalue weighted by molar-refractivity contribution is 5.59. The summed E-state index contributed by atoms with van der Waals surface area (Å²) in [6.45, 7) is 1.62. The summed E-state index contributed by atoms with van der Waals surface area (Å²) in [4.78, 5) is 2.06. The lowest BCUT2D eigenvalue weighted by atomic mass is 10.0. The molecular weight excluding hydrogens is 205 g/mol. The number of nitrogens with zero attached hydrogens (tertiary/aromatic N) is 2. The number of piperidine rings is 1. The van der Waals surface area contributed by atoms with Gasteiger partial charge < -0.3 is 10.6 Å². The second-order valence-corrected chi connectivity index (χ2v) is 4.12. The van der Waals surface area contributed by atoms with Gasteiger partial charge in [-0.3, -0.25) is 0 Å². The van der Waals surface area contributed by atoms with Gasteiger partial charge in [-0.15, -0.1) is 0 Å². The summed E-state index contributed by atoms with van der Waals surface area (Å²) >= 11 is 0.